The number of thiophene rings is 1. The maximum atomic E-state index is 13.0. The van der Waals surface area contributed by atoms with E-state index in [1.54, 1.807) is 4.90 Å². The fourth-order valence-corrected chi connectivity index (χ4v) is 5.06. The Balaban J connectivity index is 1.62. The van der Waals surface area contributed by atoms with Gasteiger partial charge in [0.2, 0.25) is 0 Å². The summed E-state index contributed by atoms with van der Waals surface area (Å²) in [6, 6.07) is 13.4. The third-order valence-electron chi connectivity index (χ3n) is 5.56. The van der Waals surface area contributed by atoms with Crippen LogP contribution in [0.15, 0.2) is 59.2 Å². The number of aliphatic hydroxyl groups excluding tert-OH is 1. The van der Waals surface area contributed by atoms with Crippen LogP contribution in [-0.4, -0.2) is 27.7 Å². The van der Waals surface area contributed by atoms with Crippen LogP contribution >= 0.6 is 11.3 Å². The summed E-state index contributed by atoms with van der Waals surface area (Å²) in [5, 5.41) is 12.5. The number of rotatable bonds is 6. The van der Waals surface area contributed by atoms with Crippen molar-refractivity contribution in [3.05, 3.63) is 69.6 Å². The highest BCUT2D eigenvalue weighted by atomic mass is 32.1. The van der Waals surface area contributed by atoms with Gasteiger partial charge in [-0.2, -0.15) is 0 Å². The molecule has 1 aromatic carbocycles. The molecular weight excluding hydrogens is 358 g/mol. The van der Waals surface area contributed by atoms with Crippen LogP contribution in [0.5, 0.6) is 0 Å². The molecule has 1 N–H and O–H groups in total. The smallest absolute Gasteiger partial charge is 0.290 e. The lowest BCUT2D eigenvalue weighted by Crippen LogP contribution is -2.38. The van der Waals surface area contributed by atoms with E-state index in [1.165, 1.54) is 11.3 Å². The fraction of sp³-hybridized carbons (Fsp3) is 0.364. The first kappa shape index (κ1) is 18.0. The maximum Gasteiger partial charge on any atom is 0.290 e. The highest BCUT2D eigenvalue weighted by Gasteiger charge is 2.46. The van der Waals surface area contributed by atoms with Gasteiger partial charge in [0.05, 0.1) is 11.6 Å². The zero-order valence-electron chi connectivity index (χ0n) is 15.1. The minimum atomic E-state index is -0.441. The Kier molecular flexibility index (Phi) is 5.12. The minimum absolute atomic E-state index is 0.103. The van der Waals surface area contributed by atoms with E-state index in [9.17, 15) is 14.7 Å². The molecule has 1 aliphatic carbocycles. The predicted molar refractivity (Wildman–Crippen MR) is 106 cm³/mol. The van der Waals surface area contributed by atoms with Crippen LogP contribution in [0.4, 0.5) is 0 Å². The Hall–Kier alpha value is -2.40. The molecule has 0 saturated heterocycles. The second-order valence-electron chi connectivity index (χ2n) is 7.24. The summed E-state index contributed by atoms with van der Waals surface area (Å²) in [6.45, 7) is 0. The number of carbonyl (C=O) groups excluding carboxylic acids is 2. The molecule has 1 unspecified atom stereocenters. The van der Waals surface area contributed by atoms with Crippen LogP contribution in [0, 0.1) is 0 Å². The van der Waals surface area contributed by atoms with Gasteiger partial charge < -0.3 is 10.0 Å². The van der Waals surface area contributed by atoms with Crippen molar-refractivity contribution in [1.29, 1.82) is 0 Å². The van der Waals surface area contributed by atoms with Gasteiger partial charge >= 0.3 is 0 Å². The van der Waals surface area contributed by atoms with Crippen LogP contribution in [0.2, 0.25) is 0 Å². The number of amides is 1. The van der Waals surface area contributed by atoms with Crippen LogP contribution < -0.4 is 0 Å². The molecule has 1 fully saturated rings. The summed E-state index contributed by atoms with van der Waals surface area (Å²) in [5.74, 6) is -0.870. The summed E-state index contributed by atoms with van der Waals surface area (Å²) >= 11 is 1.53. The molecule has 0 radical (unpaired) electrons. The first-order valence-corrected chi connectivity index (χ1v) is 10.4. The zero-order valence-corrected chi connectivity index (χ0v) is 16.0. The number of ketones is 1. The Bertz CT molecular complexity index is 851. The molecule has 1 aromatic heterocycles. The number of benzene rings is 1. The van der Waals surface area contributed by atoms with E-state index < -0.39 is 6.04 Å². The van der Waals surface area contributed by atoms with Gasteiger partial charge in [-0.1, -0.05) is 49.2 Å². The molecule has 0 spiro atoms. The average molecular weight is 381 g/mol. The highest BCUT2D eigenvalue weighted by molar-refractivity contribution is 7.10. The quantitative estimate of drug-likeness (QED) is 0.796. The number of nitrogens with zero attached hydrogens (tertiary/aromatic N) is 1. The van der Waals surface area contributed by atoms with Gasteiger partial charge in [0.25, 0.3) is 5.91 Å². The van der Waals surface area contributed by atoms with Gasteiger partial charge in [-0.25, -0.2) is 0 Å². The molecule has 4 nitrogen and oxygen atoms in total. The van der Waals surface area contributed by atoms with Crippen LogP contribution in [0.1, 0.15) is 48.6 Å². The summed E-state index contributed by atoms with van der Waals surface area (Å²) in [5.41, 5.74) is 1.36. The van der Waals surface area contributed by atoms with Crippen molar-refractivity contribution in [1.82, 2.24) is 4.90 Å². The second-order valence-corrected chi connectivity index (χ2v) is 8.22. The summed E-state index contributed by atoms with van der Waals surface area (Å²) in [6.07, 6.45) is 4.94. The lowest BCUT2D eigenvalue weighted by Gasteiger charge is -2.31. The summed E-state index contributed by atoms with van der Waals surface area (Å²) in [7, 11) is 0. The number of hydrogen-bond acceptors (Lipinski definition) is 4. The monoisotopic (exact) mass is 381 g/mol. The topological polar surface area (TPSA) is 57.6 Å². The molecular formula is C22H23NO3S. The lowest BCUT2D eigenvalue weighted by atomic mass is 9.96. The Labute approximate surface area is 163 Å². The fourth-order valence-electron chi connectivity index (χ4n) is 4.23. The first-order chi connectivity index (χ1) is 13.2. The Morgan fingerprint density at radius 3 is 2.52 bits per heavy atom. The number of aliphatic hydroxyl groups is 1. The third kappa shape index (κ3) is 3.44. The molecule has 0 bridgehead atoms. The largest absolute Gasteiger partial charge is 0.503 e. The van der Waals surface area contributed by atoms with E-state index in [0.29, 0.717) is 6.42 Å². The van der Waals surface area contributed by atoms with Crippen LogP contribution in [0.3, 0.4) is 0 Å². The summed E-state index contributed by atoms with van der Waals surface area (Å²) < 4.78 is 0. The van der Waals surface area contributed by atoms with Crippen molar-refractivity contribution in [2.24, 2.45) is 0 Å². The van der Waals surface area contributed by atoms with E-state index >= 15 is 0 Å². The number of hydrogen-bond donors (Lipinski definition) is 1. The number of Topliss-reactive ketones (excluding diaryl/α,β-unsaturated/α-hetero) is 1. The highest BCUT2D eigenvalue weighted by Crippen LogP contribution is 2.44. The molecule has 4 rings (SSSR count). The van der Waals surface area contributed by atoms with Crippen molar-refractivity contribution in [2.75, 3.05) is 0 Å². The van der Waals surface area contributed by atoms with Crippen molar-refractivity contribution in [3.63, 3.8) is 0 Å². The van der Waals surface area contributed by atoms with Gasteiger partial charge in [-0.05, 0) is 36.3 Å². The summed E-state index contributed by atoms with van der Waals surface area (Å²) in [4.78, 5) is 28.6. The van der Waals surface area contributed by atoms with E-state index in [0.717, 1.165) is 36.1 Å². The minimum Gasteiger partial charge on any atom is -0.503 e. The number of carbonyl (C=O) groups is 2. The Morgan fingerprint density at radius 1 is 1.11 bits per heavy atom. The number of aryl methyl sites for hydroxylation is 1. The van der Waals surface area contributed by atoms with Gasteiger partial charge in [-0.15, -0.1) is 11.3 Å². The second kappa shape index (κ2) is 7.69. The van der Waals surface area contributed by atoms with Crippen molar-refractivity contribution in [3.8, 4) is 0 Å². The van der Waals surface area contributed by atoms with E-state index in [2.05, 4.69) is 0 Å². The molecule has 1 saturated carbocycles. The van der Waals surface area contributed by atoms with Crippen LogP contribution in [0.25, 0.3) is 0 Å². The molecule has 2 heterocycles. The van der Waals surface area contributed by atoms with Crippen molar-refractivity contribution < 1.29 is 14.7 Å². The molecule has 2 aliphatic rings. The molecule has 1 atom stereocenters. The average Bonchev–Trinajstić information content (AvgIpc) is 3.43. The molecule has 140 valence electrons. The Morgan fingerprint density at radius 2 is 1.85 bits per heavy atom. The van der Waals surface area contributed by atoms with Crippen LogP contribution in [-0.2, 0) is 16.0 Å². The van der Waals surface area contributed by atoms with Gasteiger partial charge in [-0.3, -0.25) is 9.59 Å². The van der Waals surface area contributed by atoms with Gasteiger partial charge in [0.1, 0.15) is 0 Å². The lowest BCUT2D eigenvalue weighted by molar-refractivity contribution is -0.131. The zero-order chi connectivity index (χ0) is 18.8. The van der Waals surface area contributed by atoms with Gasteiger partial charge in [0, 0.05) is 17.3 Å². The third-order valence-corrected chi connectivity index (χ3v) is 6.48. The van der Waals surface area contributed by atoms with E-state index in [4.69, 9.17) is 0 Å². The van der Waals surface area contributed by atoms with Crippen molar-refractivity contribution >= 4 is 23.0 Å². The standard InChI is InChI=1S/C22H23NO3S/c24-17(13-12-15-7-2-1-3-8-15)19-20(18-11-6-14-27-18)23(22(26)21(19)25)16-9-4-5-10-16/h1-3,6-8,11,14,16,20,25H,4-5,9-10,12-13H2. The van der Waals surface area contributed by atoms with Gasteiger partial charge in [0.15, 0.2) is 11.5 Å². The van der Waals surface area contributed by atoms with E-state index in [-0.39, 0.29) is 35.5 Å². The molecule has 2 aromatic rings. The SMILES string of the molecule is O=C(CCc1ccccc1)C1=C(O)C(=O)N(C2CCCC2)C1c1cccs1. The molecule has 27 heavy (non-hydrogen) atoms. The molecule has 5 heteroatoms. The van der Waals surface area contributed by atoms with E-state index in [1.807, 2.05) is 47.8 Å². The first-order valence-electron chi connectivity index (χ1n) is 9.53. The molecule has 1 aliphatic heterocycles. The normalized spacial score (nSPS) is 20.7. The predicted octanol–water partition coefficient (Wildman–Crippen LogP) is 4.59. The molecule has 1 amide bonds. The van der Waals surface area contributed by atoms with Crippen molar-refractivity contribution in [2.45, 2.75) is 50.6 Å². The maximum absolute atomic E-state index is 13.0.